The molecule has 0 fully saturated rings. The molecule has 0 saturated heterocycles. The monoisotopic (exact) mass is 383 g/mol. The second kappa shape index (κ2) is 6.34. The van der Waals surface area contributed by atoms with Gasteiger partial charge < -0.3 is 5.11 Å². The Hall–Kier alpha value is -3.07. The van der Waals surface area contributed by atoms with E-state index in [9.17, 15) is 22.8 Å². The molecule has 0 aliphatic carbocycles. The van der Waals surface area contributed by atoms with Crippen LogP contribution in [0, 0.1) is 0 Å². The van der Waals surface area contributed by atoms with Gasteiger partial charge in [0.15, 0.2) is 5.69 Å². The van der Waals surface area contributed by atoms with Crippen LogP contribution in [0.25, 0.3) is 11.4 Å². The average molecular weight is 384 g/mol. The number of hydrogen-bond acceptors (Lipinski definition) is 3. The molecule has 26 heavy (non-hydrogen) atoms. The molecule has 134 valence electrons. The van der Waals surface area contributed by atoms with E-state index in [1.165, 1.54) is 47.2 Å². The van der Waals surface area contributed by atoms with E-state index in [0.29, 0.717) is 16.6 Å². The van der Waals surface area contributed by atoms with Gasteiger partial charge in [0, 0.05) is 23.0 Å². The van der Waals surface area contributed by atoms with E-state index in [-0.39, 0.29) is 10.7 Å². The molecule has 1 N–H and O–H groups in total. The summed E-state index contributed by atoms with van der Waals surface area (Å²) in [5, 5.41) is 12.7. The largest absolute Gasteiger partial charge is 0.478 e. The van der Waals surface area contributed by atoms with Gasteiger partial charge in [-0.05, 0) is 30.3 Å². The molecule has 0 atom stereocenters. The standard InChI is InChI=1S/C16H9ClF3N3O3/c17-9-5-6-22(13(24)7-9)10-1-3-11(4-2-10)23-14(16(18,19)20)12(8-21-23)15(25)26/h1-8H,(H,25,26). The Bertz CT molecular complexity index is 1040. The molecule has 0 saturated carbocycles. The third-order valence-corrected chi connectivity index (χ3v) is 3.76. The third-order valence-electron chi connectivity index (χ3n) is 3.52. The number of carbonyl (C=O) groups is 1. The molecule has 0 spiro atoms. The first-order valence-corrected chi connectivity index (χ1v) is 7.44. The van der Waals surface area contributed by atoms with Crippen molar-refractivity contribution in [2.24, 2.45) is 0 Å². The molecule has 0 unspecified atom stereocenters. The summed E-state index contributed by atoms with van der Waals surface area (Å²) in [7, 11) is 0. The van der Waals surface area contributed by atoms with Crippen molar-refractivity contribution in [3.8, 4) is 11.4 Å². The minimum absolute atomic E-state index is 0.00409. The van der Waals surface area contributed by atoms with E-state index in [0.717, 1.165) is 0 Å². The zero-order valence-electron chi connectivity index (χ0n) is 12.7. The molecule has 0 radical (unpaired) electrons. The Balaban J connectivity index is 2.07. The van der Waals surface area contributed by atoms with Crippen molar-refractivity contribution < 1.29 is 23.1 Å². The molecule has 0 aliphatic heterocycles. The highest BCUT2D eigenvalue weighted by atomic mass is 35.5. The summed E-state index contributed by atoms with van der Waals surface area (Å²) in [6, 6.07) is 8.10. The number of aromatic carboxylic acids is 1. The number of aromatic nitrogens is 3. The zero-order chi connectivity index (χ0) is 19.1. The molecule has 3 rings (SSSR count). The fourth-order valence-corrected chi connectivity index (χ4v) is 2.55. The van der Waals surface area contributed by atoms with Crippen LogP contribution in [0.4, 0.5) is 13.2 Å². The predicted octanol–water partition coefficient (Wildman–Crippen LogP) is 3.39. The van der Waals surface area contributed by atoms with Gasteiger partial charge in [0.25, 0.3) is 5.56 Å². The fraction of sp³-hybridized carbons (Fsp3) is 0.0625. The molecule has 2 heterocycles. The van der Waals surface area contributed by atoms with Crippen LogP contribution in [-0.4, -0.2) is 25.4 Å². The van der Waals surface area contributed by atoms with Gasteiger partial charge in [0.05, 0.1) is 11.9 Å². The topological polar surface area (TPSA) is 77.1 Å². The van der Waals surface area contributed by atoms with Crippen LogP contribution >= 0.6 is 11.6 Å². The van der Waals surface area contributed by atoms with Crippen LogP contribution in [0.15, 0.2) is 53.6 Å². The Morgan fingerprint density at radius 1 is 1.12 bits per heavy atom. The first-order chi connectivity index (χ1) is 12.2. The van der Waals surface area contributed by atoms with Crippen molar-refractivity contribution >= 4 is 17.6 Å². The van der Waals surface area contributed by atoms with Crippen molar-refractivity contribution in [2.45, 2.75) is 6.18 Å². The quantitative estimate of drug-likeness (QED) is 0.752. The molecular weight excluding hydrogens is 375 g/mol. The SMILES string of the molecule is O=C(O)c1cnn(-c2ccc(-n3ccc(Cl)cc3=O)cc2)c1C(F)(F)F. The van der Waals surface area contributed by atoms with Gasteiger partial charge >= 0.3 is 12.1 Å². The Kier molecular flexibility index (Phi) is 4.33. The number of carboxylic acid groups (broad SMARTS) is 1. The minimum Gasteiger partial charge on any atom is -0.478 e. The van der Waals surface area contributed by atoms with Crippen molar-refractivity contribution in [3.05, 3.63) is 75.4 Å². The Labute approximate surface area is 148 Å². The van der Waals surface area contributed by atoms with Crippen LogP contribution in [0.3, 0.4) is 0 Å². The summed E-state index contributed by atoms with van der Waals surface area (Å²) in [6.45, 7) is 0. The molecule has 0 aliphatic rings. The van der Waals surface area contributed by atoms with E-state index in [1.54, 1.807) is 0 Å². The number of nitrogens with zero attached hydrogens (tertiary/aromatic N) is 3. The maximum absolute atomic E-state index is 13.2. The summed E-state index contributed by atoms with van der Waals surface area (Å²) in [4.78, 5) is 22.9. The molecule has 1 aromatic carbocycles. The summed E-state index contributed by atoms with van der Waals surface area (Å²) >= 11 is 5.72. The molecular formula is C16H9ClF3N3O3. The van der Waals surface area contributed by atoms with Crippen LogP contribution in [0.2, 0.25) is 5.02 Å². The van der Waals surface area contributed by atoms with Gasteiger partial charge in [-0.25, -0.2) is 9.48 Å². The lowest BCUT2D eigenvalue weighted by molar-refractivity contribution is -0.143. The summed E-state index contributed by atoms with van der Waals surface area (Å²) in [6.07, 6.45) is -2.84. The van der Waals surface area contributed by atoms with E-state index >= 15 is 0 Å². The number of alkyl halides is 3. The van der Waals surface area contributed by atoms with E-state index in [4.69, 9.17) is 16.7 Å². The van der Waals surface area contributed by atoms with Gasteiger partial charge in [0.1, 0.15) is 5.56 Å². The number of benzene rings is 1. The van der Waals surface area contributed by atoms with Crippen LogP contribution in [0.1, 0.15) is 16.1 Å². The molecule has 0 amide bonds. The maximum Gasteiger partial charge on any atom is 0.434 e. The van der Waals surface area contributed by atoms with E-state index in [1.807, 2.05) is 0 Å². The highest BCUT2D eigenvalue weighted by molar-refractivity contribution is 6.30. The first kappa shape index (κ1) is 17.7. The summed E-state index contributed by atoms with van der Waals surface area (Å²) in [5.41, 5.74) is -2.35. The lowest BCUT2D eigenvalue weighted by atomic mass is 10.2. The number of hydrogen-bond donors (Lipinski definition) is 1. The lowest BCUT2D eigenvalue weighted by Gasteiger charge is -2.12. The van der Waals surface area contributed by atoms with Gasteiger partial charge in [-0.3, -0.25) is 9.36 Å². The van der Waals surface area contributed by atoms with Crippen molar-refractivity contribution in [1.29, 1.82) is 0 Å². The number of halogens is 4. The van der Waals surface area contributed by atoms with Gasteiger partial charge in [0.2, 0.25) is 0 Å². The normalized spacial score (nSPS) is 11.5. The summed E-state index contributed by atoms with van der Waals surface area (Å²) < 4.78 is 41.5. The van der Waals surface area contributed by atoms with Crippen LogP contribution < -0.4 is 5.56 Å². The number of rotatable bonds is 3. The molecule has 10 heteroatoms. The smallest absolute Gasteiger partial charge is 0.434 e. The molecule has 2 aromatic heterocycles. The van der Waals surface area contributed by atoms with Crippen molar-refractivity contribution in [1.82, 2.24) is 14.3 Å². The predicted molar refractivity (Wildman–Crippen MR) is 86.1 cm³/mol. The molecule has 6 nitrogen and oxygen atoms in total. The lowest BCUT2D eigenvalue weighted by Crippen LogP contribution is -2.18. The number of carboxylic acids is 1. The van der Waals surface area contributed by atoms with Crippen molar-refractivity contribution in [3.63, 3.8) is 0 Å². The fourth-order valence-electron chi connectivity index (χ4n) is 2.40. The highest BCUT2D eigenvalue weighted by Gasteiger charge is 2.40. The second-order valence-electron chi connectivity index (χ2n) is 5.19. The second-order valence-corrected chi connectivity index (χ2v) is 5.63. The van der Waals surface area contributed by atoms with Gasteiger partial charge in [-0.1, -0.05) is 11.6 Å². The van der Waals surface area contributed by atoms with Crippen molar-refractivity contribution in [2.75, 3.05) is 0 Å². The van der Waals surface area contributed by atoms with Crippen LogP contribution in [0.5, 0.6) is 0 Å². The Morgan fingerprint density at radius 2 is 1.73 bits per heavy atom. The van der Waals surface area contributed by atoms with Gasteiger partial charge in [-0.15, -0.1) is 0 Å². The molecule has 3 aromatic rings. The molecule has 0 bridgehead atoms. The van der Waals surface area contributed by atoms with Crippen LogP contribution in [-0.2, 0) is 6.18 Å². The maximum atomic E-state index is 13.2. The minimum atomic E-state index is -4.91. The highest BCUT2D eigenvalue weighted by Crippen LogP contribution is 2.33. The summed E-state index contributed by atoms with van der Waals surface area (Å²) in [5.74, 6) is -1.73. The van der Waals surface area contributed by atoms with E-state index < -0.39 is 29.0 Å². The first-order valence-electron chi connectivity index (χ1n) is 7.06. The zero-order valence-corrected chi connectivity index (χ0v) is 13.5. The number of pyridine rings is 1. The van der Waals surface area contributed by atoms with E-state index in [2.05, 4.69) is 5.10 Å². The third kappa shape index (κ3) is 3.21. The van der Waals surface area contributed by atoms with Gasteiger partial charge in [-0.2, -0.15) is 18.3 Å². The Morgan fingerprint density at radius 3 is 2.27 bits per heavy atom. The average Bonchev–Trinajstić information content (AvgIpc) is 3.01.